The number of quaternary nitrogens is 1. The minimum atomic E-state index is -6.73. The molecule has 18 heteroatoms. The number of nitrogens with zero attached hydrogens (tertiary/aromatic N) is 1. The molecular weight excluding hydrogens is 580 g/mol. The van der Waals surface area contributed by atoms with Gasteiger partial charge in [-0.15, -0.1) is 0 Å². The van der Waals surface area contributed by atoms with E-state index in [-0.39, 0.29) is 30.5 Å². The van der Waals surface area contributed by atoms with E-state index in [1.807, 2.05) is 0 Å². The lowest BCUT2D eigenvalue weighted by atomic mass is 9.80. The Bertz CT molecular complexity index is 589. The molecule has 2 nitrogen and oxygen atoms in total. The van der Waals surface area contributed by atoms with Crippen LogP contribution in [0.15, 0.2) is 0 Å². The molecule has 0 amide bonds. The van der Waals surface area contributed by atoms with Crippen LogP contribution in [0.4, 0.5) is 61.5 Å². The standard InChI is InChI=1S/C18H26F14NOS.ClH/c1-33(2,3)9-12(34)10-35-6-4-5-11(7-13(19,15(21,22)23)16(24,25)26)8-14(20,17(27,28)29)18(30,31)32;/h11-12,34H,4-10H2,1-3H3;1H/q+1;/p-1. The molecule has 0 aromatic carbocycles. The minimum absolute atomic E-state index is 0. The quantitative estimate of drug-likeness (QED) is 0.208. The van der Waals surface area contributed by atoms with Gasteiger partial charge in [-0.1, -0.05) is 0 Å². The van der Waals surface area contributed by atoms with Crippen molar-refractivity contribution in [3.63, 3.8) is 0 Å². The molecule has 0 bridgehead atoms. The summed E-state index contributed by atoms with van der Waals surface area (Å²) in [6.07, 6.45) is -35.4. The van der Waals surface area contributed by atoms with Crippen molar-refractivity contribution in [2.24, 2.45) is 5.92 Å². The molecule has 0 heterocycles. The molecule has 0 saturated heterocycles. The molecule has 0 rings (SSSR count). The van der Waals surface area contributed by atoms with Crippen LogP contribution in [-0.2, 0) is 0 Å². The molecule has 1 N–H and O–H groups in total. The summed E-state index contributed by atoms with van der Waals surface area (Å²) in [6.45, 7) is 0.221. The van der Waals surface area contributed by atoms with E-state index < -0.39 is 73.7 Å². The summed E-state index contributed by atoms with van der Waals surface area (Å²) < 4.78 is 183. The normalized spacial score (nSPS) is 15.8. The van der Waals surface area contributed by atoms with Gasteiger partial charge in [-0.3, -0.25) is 0 Å². The zero-order valence-corrected chi connectivity index (χ0v) is 20.6. The van der Waals surface area contributed by atoms with Crippen LogP contribution in [0.2, 0.25) is 0 Å². The molecule has 0 saturated carbocycles. The molecule has 1 atom stereocenters. The van der Waals surface area contributed by atoms with Gasteiger partial charge in [0.05, 0.1) is 21.1 Å². The first-order valence-electron chi connectivity index (χ1n) is 9.89. The van der Waals surface area contributed by atoms with Crippen LogP contribution < -0.4 is 12.4 Å². The molecule has 1 unspecified atom stereocenters. The first-order valence-corrected chi connectivity index (χ1v) is 11.0. The van der Waals surface area contributed by atoms with Crippen molar-refractivity contribution in [3.05, 3.63) is 0 Å². The van der Waals surface area contributed by atoms with Gasteiger partial charge in [-0.2, -0.15) is 64.4 Å². The number of aliphatic hydroxyl groups excluding tert-OH is 1. The Morgan fingerprint density at radius 2 is 1.00 bits per heavy atom. The van der Waals surface area contributed by atoms with Crippen molar-refractivity contribution in [1.82, 2.24) is 0 Å². The number of halogens is 15. The number of alkyl halides is 14. The highest BCUT2D eigenvalue weighted by Gasteiger charge is 2.75. The highest BCUT2D eigenvalue weighted by atomic mass is 35.5. The van der Waals surface area contributed by atoms with Crippen molar-refractivity contribution >= 4 is 11.8 Å². The molecule has 0 aliphatic carbocycles. The van der Waals surface area contributed by atoms with Gasteiger partial charge < -0.3 is 22.0 Å². The molecule has 0 aliphatic rings. The first-order chi connectivity index (χ1) is 15.2. The number of likely N-dealkylation sites (N-methyl/N-ethyl adjacent to an activating group) is 1. The van der Waals surface area contributed by atoms with E-state index >= 15 is 0 Å². The zero-order valence-electron chi connectivity index (χ0n) is 19.1. The number of rotatable bonds is 12. The number of aliphatic hydroxyl groups is 1. The molecule has 36 heavy (non-hydrogen) atoms. The van der Waals surface area contributed by atoms with Crippen LogP contribution in [0.1, 0.15) is 25.7 Å². The van der Waals surface area contributed by atoms with Gasteiger partial charge in [0, 0.05) is 18.6 Å². The summed E-state index contributed by atoms with van der Waals surface area (Å²) in [4.78, 5) is 0. The van der Waals surface area contributed by atoms with E-state index in [2.05, 4.69) is 0 Å². The lowest BCUT2D eigenvalue weighted by Crippen LogP contribution is -3.00. The van der Waals surface area contributed by atoms with Crippen molar-refractivity contribution < 1.29 is 83.5 Å². The third-order valence-corrected chi connectivity index (χ3v) is 6.10. The lowest BCUT2D eigenvalue weighted by molar-refractivity contribution is -0.873. The van der Waals surface area contributed by atoms with Crippen molar-refractivity contribution in [2.45, 2.75) is 67.8 Å². The second-order valence-corrected chi connectivity index (χ2v) is 10.4. The minimum Gasteiger partial charge on any atom is -1.00 e. The van der Waals surface area contributed by atoms with E-state index in [1.165, 1.54) is 0 Å². The fourth-order valence-electron chi connectivity index (χ4n) is 3.23. The molecule has 220 valence electrons. The third kappa shape index (κ3) is 10.4. The highest BCUT2D eigenvalue weighted by Crippen LogP contribution is 2.55. The lowest BCUT2D eigenvalue weighted by Gasteiger charge is -2.37. The average Bonchev–Trinajstić information content (AvgIpc) is 2.55. The van der Waals surface area contributed by atoms with Crippen LogP contribution >= 0.6 is 11.8 Å². The molecule has 0 fully saturated rings. The Morgan fingerprint density at radius 1 is 0.667 bits per heavy atom. The summed E-state index contributed by atoms with van der Waals surface area (Å²) in [5, 5.41) is 9.82. The summed E-state index contributed by atoms with van der Waals surface area (Å²) in [6, 6.07) is 0. The first kappa shape index (κ1) is 37.7. The predicted molar refractivity (Wildman–Crippen MR) is 100 cm³/mol. The summed E-state index contributed by atoms with van der Waals surface area (Å²) in [5.74, 6) is -3.18. The number of hydrogen-bond donors (Lipinski definition) is 1. The van der Waals surface area contributed by atoms with Crippen LogP contribution in [-0.4, -0.2) is 90.9 Å². The maximum Gasteiger partial charge on any atom is 0.431 e. The second-order valence-electron chi connectivity index (χ2n) is 9.21. The topological polar surface area (TPSA) is 20.2 Å². The van der Waals surface area contributed by atoms with E-state index in [0.717, 1.165) is 11.8 Å². The Balaban J connectivity index is 0. The Hall–Kier alpha value is -0.420. The molecular formula is C18H26ClF14NOS. The molecule has 0 aliphatic heterocycles. The van der Waals surface area contributed by atoms with Crippen molar-refractivity contribution in [2.75, 3.05) is 39.2 Å². The van der Waals surface area contributed by atoms with Crippen LogP contribution in [0.25, 0.3) is 0 Å². The van der Waals surface area contributed by atoms with Crippen LogP contribution in [0.3, 0.4) is 0 Å². The van der Waals surface area contributed by atoms with E-state index in [0.29, 0.717) is 4.48 Å². The van der Waals surface area contributed by atoms with E-state index in [1.54, 1.807) is 21.1 Å². The predicted octanol–water partition coefficient (Wildman–Crippen LogP) is 3.63. The van der Waals surface area contributed by atoms with Gasteiger partial charge in [0.25, 0.3) is 11.3 Å². The Kier molecular flexibility index (Phi) is 13.2. The summed E-state index contributed by atoms with van der Waals surface area (Å²) in [7, 11) is 5.15. The van der Waals surface area contributed by atoms with Crippen LogP contribution in [0, 0.1) is 5.92 Å². The molecule has 0 aromatic heterocycles. The summed E-state index contributed by atoms with van der Waals surface area (Å²) >= 11 is 0.866. The van der Waals surface area contributed by atoms with Crippen molar-refractivity contribution in [3.8, 4) is 0 Å². The average molecular weight is 606 g/mol. The molecule has 0 radical (unpaired) electrons. The molecule has 0 aromatic rings. The Morgan fingerprint density at radius 3 is 1.28 bits per heavy atom. The summed E-state index contributed by atoms with van der Waals surface area (Å²) in [5.41, 5.74) is -12.3. The van der Waals surface area contributed by atoms with Gasteiger partial charge in [0.2, 0.25) is 0 Å². The van der Waals surface area contributed by atoms with Crippen molar-refractivity contribution in [1.29, 1.82) is 0 Å². The van der Waals surface area contributed by atoms with Gasteiger partial charge in [-0.25, -0.2) is 8.78 Å². The van der Waals surface area contributed by atoms with Gasteiger partial charge in [0.15, 0.2) is 0 Å². The maximum absolute atomic E-state index is 14.1. The number of thioether (sulfide) groups is 1. The second kappa shape index (κ2) is 12.6. The number of hydrogen-bond acceptors (Lipinski definition) is 2. The largest absolute Gasteiger partial charge is 1.00 e. The van der Waals surface area contributed by atoms with E-state index in [4.69, 9.17) is 0 Å². The molecule has 0 spiro atoms. The zero-order chi connectivity index (χ0) is 28.3. The fraction of sp³-hybridized carbons (Fsp3) is 1.00. The highest BCUT2D eigenvalue weighted by molar-refractivity contribution is 7.99. The fourth-order valence-corrected chi connectivity index (χ4v) is 4.15. The van der Waals surface area contributed by atoms with Crippen LogP contribution in [0.5, 0.6) is 0 Å². The maximum atomic E-state index is 14.1. The van der Waals surface area contributed by atoms with Gasteiger partial charge in [-0.05, 0) is 24.5 Å². The van der Waals surface area contributed by atoms with Gasteiger partial charge in [0.1, 0.15) is 12.6 Å². The third-order valence-electron chi connectivity index (χ3n) is 4.91. The smallest absolute Gasteiger partial charge is 0.431 e. The SMILES string of the molecule is C[N+](C)(C)CC(O)CSCCCC(CC(F)(C(F)(F)F)C(F)(F)F)CC(F)(C(F)(F)F)C(F)(F)F.[Cl-]. The monoisotopic (exact) mass is 605 g/mol. The Labute approximate surface area is 208 Å². The van der Waals surface area contributed by atoms with E-state index in [9.17, 15) is 66.6 Å². The van der Waals surface area contributed by atoms with Gasteiger partial charge >= 0.3 is 24.7 Å².